The van der Waals surface area contributed by atoms with E-state index in [0.717, 1.165) is 18.5 Å². The van der Waals surface area contributed by atoms with Crippen molar-refractivity contribution in [1.29, 1.82) is 0 Å². The van der Waals surface area contributed by atoms with Crippen LogP contribution in [0.5, 0.6) is 0 Å². The molecule has 0 aromatic heterocycles. The lowest BCUT2D eigenvalue weighted by atomic mass is 10.1. The van der Waals surface area contributed by atoms with Crippen LogP contribution >= 0.6 is 0 Å². The molecule has 0 N–H and O–H groups in total. The fraction of sp³-hybridized carbons (Fsp3) is 0.231. The van der Waals surface area contributed by atoms with Crippen LogP contribution in [0.4, 0.5) is 0 Å². The van der Waals surface area contributed by atoms with E-state index in [-0.39, 0.29) is 0 Å². The van der Waals surface area contributed by atoms with Gasteiger partial charge < -0.3 is 0 Å². The van der Waals surface area contributed by atoms with Gasteiger partial charge in [0.2, 0.25) is 0 Å². The zero-order chi connectivity index (χ0) is 10.9. The number of allylic oxidation sites excluding steroid dienone is 7. The van der Waals surface area contributed by atoms with Crippen LogP contribution in [0.1, 0.15) is 19.8 Å². The Bertz CT molecular complexity index is 355. The third-order valence-corrected chi connectivity index (χ3v) is 2.08. The fourth-order valence-corrected chi connectivity index (χ4v) is 1.26. The molecule has 0 unspecified atom stereocenters. The Morgan fingerprint density at radius 2 is 2.07 bits per heavy atom. The Labute approximate surface area is 91.1 Å². The Balaban J connectivity index is 2.89. The lowest BCUT2D eigenvalue weighted by Crippen LogP contribution is -1.84. The zero-order valence-corrected chi connectivity index (χ0v) is 9.06. The summed E-state index contributed by atoms with van der Waals surface area (Å²) in [4.78, 5) is 7.88. The molecule has 0 bridgehead atoms. The Hall–Kier alpha value is -1.70. The first-order valence-corrected chi connectivity index (χ1v) is 5.01. The van der Waals surface area contributed by atoms with E-state index in [1.165, 1.54) is 11.9 Å². The second-order valence-electron chi connectivity index (χ2n) is 3.26. The molecule has 0 aromatic rings. The maximum Gasteiger partial charge on any atom is 0.114 e. The van der Waals surface area contributed by atoms with E-state index in [0.29, 0.717) is 0 Å². The predicted octanol–water partition coefficient (Wildman–Crippen LogP) is 3.45. The lowest BCUT2D eigenvalue weighted by Gasteiger charge is -2.01. The summed E-state index contributed by atoms with van der Waals surface area (Å²) in [5.41, 5.74) is 2.21. The van der Waals surface area contributed by atoms with Gasteiger partial charge in [-0.1, -0.05) is 36.5 Å². The van der Waals surface area contributed by atoms with Crippen LogP contribution in [0.3, 0.4) is 0 Å². The topological polar surface area (TPSA) is 24.7 Å². The summed E-state index contributed by atoms with van der Waals surface area (Å²) in [6, 6.07) is 0. The van der Waals surface area contributed by atoms with Crippen LogP contribution in [0.2, 0.25) is 0 Å². The number of rotatable bonds is 2. The largest absolute Gasteiger partial charge is 0.253 e. The minimum atomic E-state index is 0.826. The molecule has 1 aliphatic rings. The van der Waals surface area contributed by atoms with Gasteiger partial charge in [-0.05, 0) is 25.6 Å². The van der Waals surface area contributed by atoms with Crippen molar-refractivity contribution < 1.29 is 0 Å². The van der Waals surface area contributed by atoms with Gasteiger partial charge in [0.15, 0.2) is 0 Å². The molecule has 0 saturated heterocycles. The normalized spacial score (nSPS) is 28.6. The van der Waals surface area contributed by atoms with Gasteiger partial charge >= 0.3 is 0 Å². The fourth-order valence-electron chi connectivity index (χ4n) is 1.26. The molecule has 1 aliphatic carbocycles. The van der Waals surface area contributed by atoms with Gasteiger partial charge in [-0.2, -0.15) is 0 Å². The molecule has 0 heterocycles. The van der Waals surface area contributed by atoms with Crippen LogP contribution < -0.4 is 0 Å². The monoisotopic (exact) mass is 200 g/mol. The quantitative estimate of drug-likeness (QED) is 0.482. The lowest BCUT2D eigenvalue weighted by molar-refractivity contribution is 1.12. The van der Waals surface area contributed by atoms with Crippen molar-refractivity contribution in [3.8, 4) is 0 Å². The molecule has 0 aliphatic heterocycles. The average Bonchev–Trinajstić information content (AvgIpc) is 2.26. The first-order valence-electron chi connectivity index (χ1n) is 5.01. The molecule has 2 heteroatoms. The molecule has 78 valence electrons. The van der Waals surface area contributed by atoms with Crippen molar-refractivity contribution in [3.05, 3.63) is 47.7 Å². The SMILES string of the molecule is C=N\C=N/C1=C(C)/C=C\C/C=C\C=C/C1. The first kappa shape index (κ1) is 11.4. The van der Waals surface area contributed by atoms with E-state index < -0.39 is 0 Å². The van der Waals surface area contributed by atoms with E-state index in [1.54, 1.807) is 0 Å². The zero-order valence-electron chi connectivity index (χ0n) is 9.06. The third kappa shape index (κ3) is 4.36. The molecule has 0 radical (unpaired) electrons. The van der Waals surface area contributed by atoms with Gasteiger partial charge in [0.25, 0.3) is 0 Å². The van der Waals surface area contributed by atoms with Crippen molar-refractivity contribution in [2.45, 2.75) is 19.8 Å². The highest BCUT2D eigenvalue weighted by molar-refractivity contribution is 5.63. The molecule has 1 rings (SSSR count). The van der Waals surface area contributed by atoms with E-state index in [2.05, 4.69) is 54.0 Å². The summed E-state index contributed by atoms with van der Waals surface area (Å²) in [5, 5.41) is 0. The highest BCUT2D eigenvalue weighted by Crippen LogP contribution is 2.13. The van der Waals surface area contributed by atoms with E-state index in [9.17, 15) is 0 Å². The molecule has 0 saturated carbocycles. The van der Waals surface area contributed by atoms with E-state index in [1.807, 2.05) is 6.08 Å². The van der Waals surface area contributed by atoms with Crippen LogP contribution in [-0.4, -0.2) is 13.1 Å². The van der Waals surface area contributed by atoms with Crippen LogP contribution in [-0.2, 0) is 0 Å². The van der Waals surface area contributed by atoms with E-state index >= 15 is 0 Å². The summed E-state index contributed by atoms with van der Waals surface area (Å²) in [5.74, 6) is 0. The van der Waals surface area contributed by atoms with E-state index in [4.69, 9.17) is 0 Å². The van der Waals surface area contributed by atoms with Gasteiger partial charge in [0.05, 0.1) is 0 Å². The molecule has 2 nitrogen and oxygen atoms in total. The molecule has 0 spiro atoms. The highest BCUT2D eigenvalue weighted by Gasteiger charge is 1.96. The summed E-state index contributed by atoms with van der Waals surface area (Å²) in [6.45, 7) is 5.44. The van der Waals surface area contributed by atoms with Crippen molar-refractivity contribution in [2.75, 3.05) is 0 Å². The van der Waals surface area contributed by atoms with Crippen LogP contribution in [0.15, 0.2) is 57.7 Å². The van der Waals surface area contributed by atoms with Gasteiger partial charge in [0.1, 0.15) is 6.34 Å². The van der Waals surface area contributed by atoms with Gasteiger partial charge in [0, 0.05) is 12.1 Å². The number of aliphatic imine (C=N–C) groups is 2. The first-order chi connectivity index (χ1) is 7.34. The molecule has 0 aromatic carbocycles. The number of nitrogens with zero attached hydrogens (tertiary/aromatic N) is 2. The summed E-state index contributed by atoms with van der Waals surface area (Å²) >= 11 is 0. The summed E-state index contributed by atoms with van der Waals surface area (Å²) in [6.07, 6.45) is 15.8. The smallest absolute Gasteiger partial charge is 0.114 e. The van der Waals surface area contributed by atoms with Gasteiger partial charge in [-0.15, -0.1) is 0 Å². The standard InChI is InChI=1S/C13H16N2/c1-12-9-7-5-3-4-6-8-10-13(12)15-11-14-2/h3-4,6-9,11H,2,5,10H2,1H3/b4-3-,8-6-,9-7-,13-12+,15-11-. The van der Waals surface area contributed by atoms with Gasteiger partial charge in [-0.3, -0.25) is 4.99 Å². The molecule has 0 atom stereocenters. The van der Waals surface area contributed by atoms with Crippen molar-refractivity contribution in [1.82, 2.24) is 0 Å². The molecule has 15 heavy (non-hydrogen) atoms. The van der Waals surface area contributed by atoms with Crippen molar-refractivity contribution in [2.24, 2.45) is 9.98 Å². The molecule has 0 fully saturated rings. The summed E-state index contributed by atoms with van der Waals surface area (Å²) in [7, 11) is 0. The number of hydrogen-bond donors (Lipinski definition) is 0. The Morgan fingerprint density at radius 3 is 2.87 bits per heavy atom. The average molecular weight is 200 g/mol. The second-order valence-corrected chi connectivity index (χ2v) is 3.26. The molecule has 0 amide bonds. The Morgan fingerprint density at radius 1 is 1.27 bits per heavy atom. The maximum atomic E-state index is 4.26. The van der Waals surface area contributed by atoms with Crippen LogP contribution in [0.25, 0.3) is 0 Å². The Kier molecular flexibility index (Phi) is 5.09. The van der Waals surface area contributed by atoms with Gasteiger partial charge in [-0.25, -0.2) is 4.99 Å². The van der Waals surface area contributed by atoms with Crippen molar-refractivity contribution >= 4 is 13.1 Å². The van der Waals surface area contributed by atoms with Crippen LogP contribution in [0, 0.1) is 0 Å². The highest BCUT2D eigenvalue weighted by atomic mass is 14.8. The minimum absolute atomic E-state index is 0.826. The second kappa shape index (κ2) is 6.71. The maximum absolute atomic E-state index is 4.26. The molecular weight excluding hydrogens is 184 g/mol. The number of hydrogen-bond acceptors (Lipinski definition) is 1. The van der Waals surface area contributed by atoms with Crippen molar-refractivity contribution in [3.63, 3.8) is 0 Å². The molecular formula is C13H16N2. The third-order valence-electron chi connectivity index (χ3n) is 2.08. The predicted molar refractivity (Wildman–Crippen MR) is 67.4 cm³/mol. The summed E-state index contributed by atoms with van der Waals surface area (Å²) < 4.78 is 0. The minimum Gasteiger partial charge on any atom is -0.253 e.